The lowest BCUT2D eigenvalue weighted by Gasteiger charge is -2.09. The zero-order chi connectivity index (χ0) is 20.4. The van der Waals surface area contributed by atoms with E-state index in [4.69, 9.17) is 4.74 Å². The van der Waals surface area contributed by atoms with Crippen LogP contribution in [-0.4, -0.2) is 43.3 Å². The maximum absolute atomic E-state index is 12.3. The number of nitro groups is 1. The maximum atomic E-state index is 12.3. The molecule has 0 aliphatic heterocycles. The van der Waals surface area contributed by atoms with Crippen molar-refractivity contribution >= 4 is 34.8 Å². The molecule has 146 valence electrons. The summed E-state index contributed by atoms with van der Waals surface area (Å²) >= 11 is 1.17. The largest absolute Gasteiger partial charge is 0.494 e. The number of thioether (sulfide) groups is 1. The molecule has 0 saturated heterocycles. The monoisotopic (exact) mass is 402 g/mol. The minimum Gasteiger partial charge on any atom is -0.494 e. The van der Waals surface area contributed by atoms with Gasteiger partial charge in [0.15, 0.2) is 0 Å². The first-order valence-corrected chi connectivity index (χ1v) is 9.24. The Balaban J connectivity index is 1.70. The number of hydrogen-bond acceptors (Lipinski definition) is 8. The fourth-order valence-corrected chi connectivity index (χ4v) is 3.13. The molecule has 1 aromatic carbocycles. The van der Waals surface area contributed by atoms with Crippen LogP contribution in [0.5, 0.6) is 5.75 Å². The number of methoxy groups -OCH3 is 1. The molecular formula is C17H18N6O4S. The van der Waals surface area contributed by atoms with E-state index in [1.165, 1.54) is 37.1 Å². The third kappa shape index (κ3) is 3.88. The first-order chi connectivity index (χ1) is 13.3. The van der Waals surface area contributed by atoms with Gasteiger partial charge in [0.2, 0.25) is 11.1 Å². The van der Waals surface area contributed by atoms with Crippen LogP contribution >= 0.6 is 11.8 Å². The normalized spacial score (nSPS) is 10.9. The molecule has 3 rings (SSSR count). The highest BCUT2D eigenvalue weighted by Gasteiger charge is 2.15. The highest BCUT2D eigenvalue weighted by Crippen LogP contribution is 2.29. The molecule has 0 fully saturated rings. The fraction of sp³-hybridized carbons (Fsp3) is 0.294. The maximum Gasteiger partial charge on any atom is 0.273 e. The van der Waals surface area contributed by atoms with Gasteiger partial charge in [-0.15, -0.1) is 5.10 Å². The predicted octanol–water partition coefficient (Wildman–Crippen LogP) is 2.70. The molecule has 0 bridgehead atoms. The van der Waals surface area contributed by atoms with Crippen molar-refractivity contribution in [3.63, 3.8) is 0 Å². The number of rotatable bonds is 6. The number of anilines is 1. The summed E-state index contributed by atoms with van der Waals surface area (Å²) in [5, 5.41) is 18.3. The van der Waals surface area contributed by atoms with Crippen LogP contribution in [0.2, 0.25) is 0 Å². The van der Waals surface area contributed by atoms with Crippen molar-refractivity contribution in [3.8, 4) is 5.75 Å². The zero-order valence-electron chi connectivity index (χ0n) is 15.7. The highest BCUT2D eigenvalue weighted by atomic mass is 32.2. The van der Waals surface area contributed by atoms with Crippen LogP contribution in [0.3, 0.4) is 0 Å². The predicted molar refractivity (Wildman–Crippen MR) is 104 cm³/mol. The zero-order valence-corrected chi connectivity index (χ0v) is 16.5. The van der Waals surface area contributed by atoms with Crippen molar-refractivity contribution in [2.24, 2.45) is 0 Å². The Bertz CT molecular complexity index is 1080. The third-order valence-corrected chi connectivity index (χ3v) is 5.08. The van der Waals surface area contributed by atoms with Gasteiger partial charge in [-0.25, -0.2) is 9.50 Å². The van der Waals surface area contributed by atoms with Gasteiger partial charge in [-0.1, -0.05) is 11.8 Å². The molecule has 2 aromatic heterocycles. The van der Waals surface area contributed by atoms with E-state index in [0.717, 1.165) is 17.0 Å². The SMILES string of the molecule is COc1cc([N+](=O)[O-])ccc1NC(=O)CSc1nc2nc(C)c(C)c(C)n2n1. The van der Waals surface area contributed by atoms with Crippen LogP contribution in [0.15, 0.2) is 23.4 Å². The summed E-state index contributed by atoms with van der Waals surface area (Å²) in [7, 11) is 1.38. The molecule has 0 atom stereocenters. The second-order valence-electron chi connectivity index (χ2n) is 5.99. The fourth-order valence-electron chi connectivity index (χ4n) is 2.51. The molecule has 0 aliphatic carbocycles. The lowest BCUT2D eigenvalue weighted by molar-refractivity contribution is -0.384. The standard InChI is InChI=1S/C17H18N6O4S/c1-9-10(2)18-16-20-17(21-22(16)11(9)3)28-8-15(24)19-13-6-5-12(23(25)26)7-14(13)27-4/h5-7H,8H2,1-4H3,(H,19,24). The smallest absolute Gasteiger partial charge is 0.273 e. The first-order valence-electron chi connectivity index (χ1n) is 8.25. The second kappa shape index (κ2) is 7.80. The van der Waals surface area contributed by atoms with E-state index in [2.05, 4.69) is 20.4 Å². The Kier molecular flexibility index (Phi) is 5.45. The summed E-state index contributed by atoms with van der Waals surface area (Å²) in [6, 6.07) is 3.99. The average molecular weight is 402 g/mol. The van der Waals surface area contributed by atoms with E-state index in [1.54, 1.807) is 4.52 Å². The number of nitrogens with zero attached hydrogens (tertiary/aromatic N) is 5. The Morgan fingerprint density at radius 1 is 1.32 bits per heavy atom. The lowest BCUT2D eigenvalue weighted by atomic mass is 10.2. The molecule has 1 amide bonds. The molecule has 0 unspecified atom stereocenters. The summed E-state index contributed by atoms with van der Waals surface area (Å²) in [4.78, 5) is 31.3. The average Bonchev–Trinajstić information content (AvgIpc) is 3.07. The van der Waals surface area contributed by atoms with Crippen molar-refractivity contribution in [2.45, 2.75) is 25.9 Å². The van der Waals surface area contributed by atoms with Gasteiger partial charge in [-0.3, -0.25) is 14.9 Å². The van der Waals surface area contributed by atoms with E-state index in [9.17, 15) is 14.9 Å². The molecule has 3 aromatic rings. The van der Waals surface area contributed by atoms with Crippen molar-refractivity contribution < 1.29 is 14.5 Å². The van der Waals surface area contributed by atoms with Gasteiger partial charge in [-0.05, 0) is 32.4 Å². The van der Waals surface area contributed by atoms with Gasteiger partial charge in [0.25, 0.3) is 11.5 Å². The summed E-state index contributed by atoms with van der Waals surface area (Å²) in [6.45, 7) is 5.82. The number of ether oxygens (including phenoxy) is 1. The first kappa shape index (κ1) is 19.5. The number of aromatic nitrogens is 4. The molecule has 0 spiro atoms. The Morgan fingerprint density at radius 2 is 2.07 bits per heavy atom. The van der Waals surface area contributed by atoms with Gasteiger partial charge < -0.3 is 10.1 Å². The second-order valence-corrected chi connectivity index (χ2v) is 6.93. The molecule has 11 heteroatoms. The van der Waals surface area contributed by atoms with Gasteiger partial charge in [-0.2, -0.15) is 4.98 Å². The molecular weight excluding hydrogens is 384 g/mol. The van der Waals surface area contributed by atoms with E-state index < -0.39 is 4.92 Å². The molecule has 1 N–H and O–H groups in total. The number of fused-ring (bicyclic) bond motifs is 1. The quantitative estimate of drug-likeness (QED) is 0.379. The van der Waals surface area contributed by atoms with E-state index >= 15 is 0 Å². The molecule has 0 aliphatic rings. The van der Waals surface area contributed by atoms with Crippen LogP contribution in [0.25, 0.3) is 5.78 Å². The Labute approximate surface area is 164 Å². The van der Waals surface area contributed by atoms with E-state index in [1.807, 2.05) is 20.8 Å². The van der Waals surface area contributed by atoms with Crippen LogP contribution in [0.1, 0.15) is 17.0 Å². The Hall–Kier alpha value is -3.21. The van der Waals surface area contributed by atoms with Crippen LogP contribution in [0, 0.1) is 30.9 Å². The van der Waals surface area contributed by atoms with E-state index in [-0.39, 0.29) is 23.1 Å². The molecule has 10 nitrogen and oxygen atoms in total. The van der Waals surface area contributed by atoms with Crippen LogP contribution < -0.4 is 10.1 Å². The number of nitro benzene ring substituents is 1. The van der Waals surface area contributed by atoms with E-state index in [0.29, 0.717) is 16.6 Å². The van der Waals surface area contributed by atoms with Crippen LogP contribution in [-0.2, 0) is 4.79 Å². The minimum absolute atomic E-state index is 0.0635. The summed E-state index contributed by atoms with van der Waals surface area (Å²) in [5.41, 5.74) is 3.10. The summed E-state index contributed by atoms with van der Waals surface area (Å²) in [6.07, 6.45) is 0. The van der Waals surface area contributed by atoms with Gasteiger partial charge in [0.1, 0.15) is 5.75 Å². The Morgan fingerprint density at radius 3 is 2.75 bits per heavy atom. The third-order valence-electron chi connectivity index (χ3n) is 4.24. The number of amides is 1. The number of carbonyl (C=O) groups excluding carboxylic acids is 1. The van der Waals surface area contributed by atoms with Gasteiger partial charge in [0.05, 0.1) is 29.5 Å². The number of carbonyl (C=O) groups is 1. The number of nitrogens with one attached hydrogen (secondary N) is 1. The van der Waals surface area contributed by atoms with Crippen molar-refractivity contribution in [2.75, 3.05) is 18.2 Å². The lowest BCUT2D eigenvalue weighted by Crippen LogP contribution is -2.15. The number of benzene rings is 1. The molecule has 28 heavy (non-hydrogen) atoms. The van der Waals surface area contributed by atoms with Crippen LogP contribution in [0.4, 0.5) is 11.4 Å². The van der Waals surface area contributed by atoms with Crippen molar-refractivity contribution in [1.82, 2.24) is 19.6 Å². The van der Waals surface area contributed by atoms with Crippen molar-refractivity contribution in [3.05, 3.63) is 45.3 Å². The summed E-state index contributed by atoms with van der Waals surface area (Å²) < 4.78 is 6.77. The molecule has 0 radical (unpaired) electrons. The summed E-state index contributed by atoms with van der Waals surface area (Å²) in [5.74, 6) is 0.450. The number of aryl methyl sites for hydroxylation is 2. The molecule has 0 saturated carbocycles. The van der Waals surface area contributed by atoms with Crippen molar-refractivity contribution in [1.29, 1.82) is 0 Å². The highest BCUT2D eigenvalue weighted by molar-refractivity contribution is 7.99. The number of hydrogen-bond donors (Lipinski definition) is 1. The molecule has 2 heterocycles. The number of non-ortho nitro benzene ring substituents is 1. The topological polar surface area (TPSA) is 125 Å². The minimum atomic E-state index is -0.529. The van der Waals surface area contributed by atoms with Gasteiger partial charge >= 0.3 is 0 Å². The van der Waals surface area contributed by atoms with Gasteiger partial charge in [0, 0.05) is 17.5 Å².